The molecule has 0 heterocycles. The third kappa shape index (κ3) is 37.6. The van der Waals surface area contributed by atoms with Gasteiger partial charge in [-0.1, -0.05) is 180 Å². The lowest BCUT2D eigenvalue weighted by Crippen LogP contribution is -2.55. The molecule has 0 amide bonds. The average Bonchev–Trinajstić information content (AvgIpc) is 3.15. The SMILES string of the molecule is CCCCCCCCC/C=C\CCCCCCCC(=O)OC(COCCC(C(=O)[O-])[N+](C)(C)C)COC(=O)CCCCCCCCCCCCCCCCCC. The number of esters is 2. The van der Waals surface area contributed by atoms with Crippen molar-refractivity contribution in [1.82, 2.24) is 0 Å². The van der Waals surface area contributed by atoms with Gasteiger partial charge in [0.1, 0.15) is 12.6 Å². The molecule has 8 nitrogen and oxygen atoms in total. The van der Waals surface area contributed by atoms with Crippen LogP contribution in [0.25, 0.3) is 0 Å². The van der Waals surface area contributed by atoms with Crippen LogP contribution >= 0.6 is 0 Å². The predicted molar refractivity (Wildman–Crippen MR) is 231 cm³/mol. The first-order valence-electron chi connectivity index (χ1n) is 23.7. The molecular weight excluding hydrogens is 703 g/mol. The van der Waals surface area contributed by atoms with Crippen molar-refractivity contribution >= 4 is 17.9 Å². The molecule has 0 aliphatic rings. The smallest absolute Gasteiger partial charge is 0.306 e. The van der Waals surface area contributed by atoms with Crippen LogP contribution in [0.15, 0.2) is 12.2 Å². The number of carbonyl (C=O) groups excluding carboxylic acids is 3. The molecule has 0 saturated heterocycles. The van der Waals surface area contributed by atoms with Crippen LogP contribution in [-0.4, -0.2) is 75.5 Å². The maximum absolute atomic E-state index is 12.7. The molecule has 0 rings (SSSR count). The fraction of sp³-hybridized carbons (Fsp3) is 0.896. The van der Waals surface area contributed by atoms with Gasteiger partial charge in [-0.15, -0.1) is 0 Å². The lowest BCUT2D eigenvalue weighted by Gasteiger charge is -2.34. The van der Waals surface area contributed by atoms with Gasteiger partial charge in [-0.05, 0) is 38.5 Å². The van der Waals surface area contributed by atoms with Gasteiger partial charge in [0.15, 0.2) is 6.10 Å². The van der Waals surface area contributed by atoms with Crippen molar-refractivity contribution in [2.75, 3.05) is 41.0 Å². The molecule has 2 unspecified atom stereocenters. The third-order valence-electron chi connectivity index (χ3n) is 10.9. The van der Waals surface area contributed by atoms with Gasteiger partial charge in [-0.25, -0.2) is 0 Å². The molecular formula is C48H91NO7. The fourth-order valence-corrected chi connectivity index (χ4v) is 7.18. The molecule has 0 bridgehead atoms. The first-order valence-corrected chi connectivity index (χ1v) is 23.7. The lowest BCUT2D eigenvalue weighted by atomic mass is 10.0. The molecule has 0 saturated carbocycles. The van der Waals surface area contributed by atoms with E-state index in [1.165, 1.54) is 141 Å². The maximum Gasteiger partial charge on any atom is 0.306 e. The molecule has 0 aliphatic carbocycles. The number of ether oxygens (including phenoxy) is 3. The summed E-state index contributed by atoms with van der Waals surface area (Å²) in [4.78, 5) is 36.9. The Hall–Kier alpha value is -1.93. The van der Waals surface area contributed by atoms with Crippen LogP contribution in [0.1, 0.15) is 226 Å². The number of carboxylic acids is 1. The number of aliphatic carboxylic acids is 1. The zero-order chi connectivity index (χ0) is 41.4. The topological polar surface area (TPSA) is 102 Å². The maximum atomic E-state index is 12.7. The average molecular weight is 794 g/mol. The van der Waals surface area contributed by atoms with E-state index in [1.807, 2.05) is 0 Å². The molecule has 0 N–H and O–H groups in total. The quantitative estimate of drug-likeness (QED) is 0.0262. The van der Waals surface area contributed by atoms with E-state index < -0.39 is 18.1 Å². The standard InChI is InChI=1S/C48H91NO7/c1-6-8-10-12-14-16-18-20-22-24-26-28-30-32-34-36-38-46(50)55-43-44(42-54-41-40-45(48(52)53)49(3,4)5)56-47(51)39-37-35-33-31-29-27-25-23-21-19-17-15-13-11-9-7-2/h23,25,44-45H,6-22,24,26-43H2,1-5H3/b25-23-. The van der Waals surface area contributed by atoms with Crippen molar-refractivity contribution in [3.8, 4) is 0 Å². The summed E-state index contributed by atoms with van der Waals surface area (Å²) in [5.41, 5.74) is 0. The van der Waals surface area contributed by atoms with E-state index in [2.05, 4.69) is 26.0 Å². The van der Waals surface area contributed by atoms with Gasteiger partial charge in [-0.2, -0.15) is 0 Å². The second-order valence-electron chi connectivity index (χ2n) is 17.4. The molecule has 0 aliphatic heterocycles. The third-order valence-corrected chi connectivity index (χ3v) is 10.9. The molecule has 0 aromatic heterocycles. The van der Waals surface area contributed by atoms with Crippen LogP contribution in [-0.2, 0) is 28.6 Å². The van der Waals surface area contributed by atoms with Crippen LogP contribution in [0.3, 0.4) is 0 Å². The van der Waals surface area contributed by atoms with Crippen molar-refractivity contribution < 1.29 is 38.2 Å². The summed E-state index contributed by atoms with van der Waals surface area (Å²) in [6, 6.07) is -0.723. The fourth-order valence-electron chi connectivity index (χ4n) is 7.18. The minimum atomic E-state index is -1.12. The van der Waals surface area contributed by atoms with Crippen LogP contribution in [0.4, 0.5) is 0 Å². The van der Waals surface area contributed by atoms with E-state index in [0.29, 0.717) is 12.8 Å². The molecule has 0 spiro atoms. The van der Waals surface area contributed by atoms with Crippen LogP contribution in [0.5, 0.6) is 0 Å². The summed E-state index contributed by atoms with van der Waals surface area (Å²) in [6.07, 6.45) is 42.3. The monoisotopic (exact) mass is 794 g/mol. The number of rotatable bonds is 43. The molecule has 0 fully saturated rings. The number of carbonyl (C=O) groups is 3. The lowest BCUT2D eigenvalue weighted by molar-refractivity contribution is -0.889. The second kappa shape index (κ2) is 39.9. The van der Waals surface area contributed by atoms with E-state index in [4.69, 9.17) is 14.2 Å². The Bertz CT molecular complexity index is 931. The van der Waals surface area contributed by atoms with Crippen molar-refractivity contribution in [1.29, 1.82) is 0 Å². The van der Waals surface area contributed by atoms with Gasteiger partial charge < -0.3 is 28.6 Å². The van der Waals surface area contributed by atoms with Crippen LogP contribution < -0.4 is 5.11 Å². The molecule has 0 aromatic rings. The number of hydrogen-bond acceptors (Lipinski definition) is 7. The Kier molecular flexibility index (Phi) is 38.5. The molecule has 0 radical (unpaired) electrons. The summed E-state index contributed by atoms with van der Waals surface area (Å²) < 4.78 is 17.2. The van der Waals surface area contributed by atoms with Gasteiger partial charge in [0.2, 0.25) is 0 Å². The highest BCUT2D eigenvalue weighted by molar-refractivity contribution is 5.70. The van der Waals surface area contributed by atoms with E-state index >= 15 is 0 Å². The Morgan fingerprint density at radius 3 is 1.29 bits per heavy atom. The molecule has 8 heteroatoms. The van der Waals surface area contributed by atoms with E-state index in [1.54, 1.807) is 21.1 Å². The minimum absolute atomic E-state index is 0.0431. The van der Waals surface area contributed by atoms with Crippen molar-refractivity contribution in [2.45, 2.75) is 238 Å². The van der Waals surface area contributed by atoms with Gasteiger partial charge in [0.25, 0.3) is 0 Å². The Morgan fingerprint density at radius 2 is 0.893 bits per heavy atom. The van der Waals surface area contributed by atoms with Crippen molar-refractivity contribution in [3.63, 3.8) is 0 Å². The first-order chi connectivity index (χ1) is 27.1. The summed E-state index contributed by atoms with van der Waals surface area (Å²) in [6.45, 7) is 4.68. The summed E-state index contributed by atoms with van der Waals surface area (Å²) in [5, 5.41) is 11.6. The van der Waals surface area contributed by atoms with Gasteiger partial charge >= 0.3 is 11.9 Å². The highest BCUT2D eigenvalue weighted by Gasteiger charge is 2.25. The second-order valence-corrected chi connectivity index (χ2v) is 17.4. The van der Waals surface area contributed by atoms with E-state index in [9.17, 15) is 19.5 Å². The number of unbranched alkanes of at least 4 members (excludes halogenated alkanes) is 27. The number of hydrogen-bond donors (Lipinski definition) is 0. The predicted octanol–water partition coefficient (Wildman–Crippen LogP) is 11.8. The summed E-state index contributed by atoms with van der Waals surface area (Å²) >= 11 is 0. The molecule has 330 valence electrons. The largest absolute Gasteiger partial charge is 0.544 e. The normalized spacial score (nSPS) is 12.9. The Labute approximate surface area is 346 Å². The van der Waals surface area contributed by atoms with Gasteiger partial charge in [0, 0.05) is 19.3 Å². The van der Waals surface area contributed by atoms with E-state index in [0.717, 1.165) is 51.4 Å². The van der Waals surface area contributed by atoms with Gasteiger partial charge in [0.05, 0.1) is 40.3 Å². The highest BCUT2D eigenvalue weighted by Crippen LogP contribution is 2.16. The Morgan fingerprint density at radius 1 is 0.518 bits per heavy atom. The molecule has 0 aromatic carbocycles. The number of nitrogens with zero attached hydrogens (tertiary/aromatic N) is 1. The van der Waals surface area contributed by atoms with Crippen molar-refractivity contribution in [3.05, 3.63) is 12.2 Å². The van der Waals surface area contributed by atoms with Crippen LogP contribution in [0.2, 0.25) is 0 Å². The molecule has 2 atom stereocenters. The number of quaternary nitrogens is 1. The zero-order valence-electron chi connectivity index (χ0n) is 37.6. The summed E-state index contributed by atoms with van der Waals surface area (Å²) in [7, 11) is 5.42. The number of likely N-dealkylation sites (N-methyl/N-ethyl adjacent to an activating group) is 1. The van der Waals surface area contributed by atoms with Crippen molar-refractivity contribution in [2.24, 2.45) is 0 Å². The highest BCUT2D eigenvalue weighted by atomic mass is 16.6. The number of carboxylic acid groups (broad SMARTS) is 1. The Balaban J connectivity index is 4.28. The zero-order valence-corrected chi connectivity index (χ0v) is 37.6. The first kappa shape index (κ1) is 54.1. The van der Waals surface area contributed by atoms with E-state index in [-0.39, 0.29) is 42.7 Å². The van der Waals surface area contributed by atoms with Crippen LogP contribution in [0, 0.1) is 0 Å². The number of allylic oxidation sites excluding steroid dienone is 2. The molecule has 56 heavy (non-hydrogen) atoms. The van der Waals surface area contributed by atoms with Gasteiger partial charge in [-0.3, -0.25) is 9.59 Å². The summed E-state index contributed by atoms with van der Waals surface area (Å²) in [5.74, 6) is -1.73. The minimum Gasteiger partial charge on any atom is -0.544 e.